The molecule has 0 aliphatic carbocycles. The summed E-state index contributed by atoms with van der Waals surface area (Å²) in [6.07, 6.45) is 0.163. The number of carbonyl (C=O) groups is 4. The summed E-state index contributed by atoms with van der Waals surface area (Å²) in [5, 5.41) is 5.40. The SMILES string of the molecule is N=Nc1ccc(I)c2c1C(=O)N(C1CCC(=O)NC1=O)C2=O. The second kappa shape index (κ2) is 5.23. The third kappa shape index (κ3) is 2.03. The van der Waals surface area contributed by atoms with Crippen molar-refractivity contribution in [3.8, 4) is 0 Å². The number of fused-ring (bicyclic) bond motifs is 1. The fraction of sp³-hybridized carbons (Fsp3) is 0.231. The van der Waals surface area contributed by atoms with Crippen LogP contribution in [0.1, 0.15) is 33.6 Å². The van der Waals surface area contributed by atoms with E-state index in [2.05, 4.69) is 10.4 Å². The summed E-state index contributed by atoms with van der Waals surface area (Å²) in [4.78, 5) is 49.1. The van der Waals surface area contributed by atoms with Gasteiger partial charge in [0.25, 0.3) is 11.8 Å². The van der Waals surface area contributed by atoms with Crippen LogP contribution in [0.5, 0.6) is 0 Å². The molecule has 2 N–H and O–H groups in total. The molecule has 3 rings (SSSR count). The predicted octanol–water partition coefficient (Wildman–Crippen LogP) is 1.35. The number of nitrogens with one attached hydrogen (secondary N) is 2. The van der Waals surface area contributed by atoms with Gasteiger partial charge in [0.05, 0.1) is 16.8 Å². The van der Waals surface area contributed by atoms with E-state index in [-0.39, 0.29) is 29.7 Å². The van der Waals surface area contributed by atoms with E-state index in [9.17, 15) is 19.2 Å². The molecule has 0 saturated carbocycles. The maximum atomic E-state index is 12.6. The average Bonchev–Trinajstić information content (AvgIpc) is 2.73. The van der Waals surface area contributed by atoms with Gasteiger partial charge in [-0.2, -0.15) is 5.11 Å². The first-order valence-electron chi connectivity index (χ1n) is 6.37. The van der Waals surface area contributed by atoms with E-state index in [4.69, 9.17) is 5.53 Å². The largest absolute Gasteiger partial charge is 0.295 e. The number of amides is 4. The monoisotopic (exact) mass is 412 g/mol. The van der Waals surface area contributed by atoms with Gasteiger partial charge in [0.1, 0.15) is 6.04 Å². The van der Waals surface area contributed by atoms with E-state index in [1.807, 2.05) is 22.6 Å². The van der Waals surface area contributed by atoms with Crippen molar-refractivity contribution in [3.63, 3.8) is 0 Å². The van der Waals surface area contributed by atoms with Crippen molar-refractivity contribution in [3.05, 3.63) is 26.8 Å². The molecule has 4 amide bonds. The van der Waals surface area contributed by atoms with Crippen molar-refractivity contribution in [2.24, 2.45) is 5.11 Å². The van der Waals surface area contributed by atoms with Crippen LogP contribution in [0, 0.1) is 9.10 Å². The Kier molecular flexibility index (Phi) is 3.51. The number of piperidine rings is 1. The Morgan fingerprint density at radius 3 is 2.50 bits per heavy atom. The van der Waals surface area contributed by atoms with Gasteiger partial charge in [-0.3, -0.25) is 29.4 Å². The molecule has 0 bridgehead atoms. The number of benzene rings is 1. The molecule has 2 aliphatic heterocycles. The molecule has 9 heteroatoms. The quantitative estimate of drug-likeness (QED) is 0.433. The van der Waals surface area contributed by atoms with Crippen LogP contribution in [-0.4, -0.2) is 34.6 Å². The highest BCUT2D eigenvalue weighted by Crippen LogP contribution is 2.36. The zero-order chi connectivity index (χ0) is 16.0. The van der Waals surface area contributed by atoms with Gasteiger partial charge < -0.3 is 0 Å². The minimum absolute atomic E-state index is 0.0385. The molecular formula is C13H9IN4O4. The first-order valence-corrected chi connectivity index (χ1v) is 7.45. The van der Waals surface area contributed by atoms with Crippen LogP contribution in [0.3, 0.4) is 0 Å². The van der Waals surface area contributed by atoms with Gasteiger partial charge >= 0.3 is 0 Å². The number of nitrogens with zero attached hydrogens (tertiary/aromatic N) is 2. The number of carbonyl (C=O) groups excluding carboxylic acids is 4. The normalized spacial score (nSPS) is 21.0. The molecule has 0 radical (unpaired) electrons. The fourth-order valence-corrected chi connectivity index (χ4v) is 3.31. The van der Waals surface area contributed by atoms with Gasteiger partial charge in [-0.15, -0.1) is 0 Å². The smallest absolute Gasteiger partial charge is 0.264 e. The molecule has 8 nitrogen and oxygen atoms in total. The van der Waals surface area contributed by atoms with Crippen molar-refractivity contribution < 1.29 is 19.2 Å². The van der Waals surface area contributed by atoms with Crippen LogP contribution in [0.2, 0.25) is 0 Å². The number of hydrogen-bond acceptors (Lipinski definition) is 6. The Morgan fingerprint density at radius 2 is 1.86 bits per heavy atom. The Balaban J connectivity index is 2.07. The molecule has 1 atom stereocenters. The molecule has 0 spiro atoms. The minimum atomic E-state index is -1.01. The van der Waals surface area contributed by atoms with Gasteiger partial charge in [0, 0.05) is 9.99 Å². The van der Waals surface area contributed by atoms with Gasteiger partial charge in [0.2, 0.25) is 11.8 Å². The number of hydrogen-bond donors (Lipinski definition) is 2. The van der Waals surface area contributed by atoms with Crippen LogP contribution in [0.25, 0.3) is 0 Å². The van der Waals surface area contributed by atoms with E-state index in [0.717, 1.165) is 4.90 Å². The van der Waals surface area contributed by atoms with E-state index < -0.39 is 29.7 Å². The van der Waals surface area contributed by atoms with Crippen LogP contribution in [0.15, 0.2) is 17.2 Å². The second-order valence-electron chi connectivity index (χ2n) is 4.88. The summed E-state index contributed by atoms with van der Waals surface area (Å²) in [6, 6.07) is 2.05. The second-order valence-corrected chi connectivity index (χ2v) is 6.04. The Bertz CT molecular complexity index is 761. The Labute approximate surface area is 137 Å². The van der Waals surface area contributed by atoms with Gasteiger partial charge in [-0.05, 0) is 41.1 Å². The van der Waals surface area contributed by atoms with Crippen LogP contribution >= 0.6 is 22.6 Å². The molecule has 1 fully saturated rings. The molecule has 2 aliphatic rings. The van der Waals surface area contributed by atoms with Crippen molar-refractivity contribution in [1.29, 1.82) is 5.53 Å². The zero-order valence-electron chi connectivity index (χ0n) is 11.1. The van der Waals surface area contributed by atoms with E-state index in [0.29, 0.717) is 3.57 Å². The van der Waals surface area contributed by atoms with Gasteiger partial charge in [-0.25, -0.2) is 5.53 Å². The number of halogens is 1. The van der Waals surface area contributed by atoms with Gasteiger partial charge in [0.15, 0.2) is 0 Å². The van der Waals surface area contributed by atoms with Crippen molar-refractivity contribution in [2.45, 2.75) is 18.9 Å². The lowest BCUT2D eigenvalue weighted by atomic mass is 10.0. The Morgan fingerprint density at radius 1 is 1.18 bits per heavy atom. The fourth-order valence-electron chi connectivity index (χ4n) is 2.63. The molecular weight excluding hydrogens is 403 g/mol. The van der Waals surface area contributed by atoms with Crippen molar-refractivity contribution >= 4 is 51.9 Å². The molecule has 2 heterocycles. The van der Waals surface area contributed by atoms with Crippen LogP contribution in [0.4, 0.5) is 5.69 Å². The lowest BCUT2D eigenvalue weighted by Crippen LogP contribution is -2.54. The van der Waals surface area contributed by atoms with E-state index >= 15 is 0 Å². The zero-order valence-corrected chi connectivity index (χ0v) is 13.2. The highest BCUT2D eigenvalue weighted by molar-refractivity contribution is 14.1. The summed E-state index contributed by atoms with van der Waals surface area (Å²) in [7, 11) is 0. The average molecular weight is 412 g/mol. The Hall–Kier alpha value is -2.17. The highest BCUT2D eigenvalue weighted by atomic mass is 127. The summed E-state index contributed by atoms with van der Waals surface area (Å²) in [5.74, 6) is -2.33. The van der Waals surface area contributed by atoms with E-state index in [1.54, 1.807) is 6.07 Å². The van der Waals surface area contributed by atoms with Gasteiger partial charge in [-0.1, -0.05) is 0 Å². The van der Waals surface area contributed by atoms with E-state index in [1.165, 1.54) is 6.07 Å². The molecule has 1 unspecified atom stereocenters. The summed E-state index contributed by atoms with van der Waals surface area (Å²) in [6.45, 7) is 0. The third-order valence-corrected chi connectivity index (χ3v) is 4.54. The van der Waals surface area contributed by atoms with Crippen molar-refractivity contribution in [1.82, 2.24) is 10.2 Å². The maximum absolute atomic E-state index is 12.6. The molecule has 1 aromatic rings. The number of rotatable bonds is 2. The maximum Gasteiger partial charge on any atom is 0.264 e. The number of imide groups is 2. The topological polar surface area (TPSA) is 120 Å². The summed E-state index contributed by atoms with van der Waals surface area (Å²) in [5.41, 5.74) is 7.41. The first-order chi connectivity index (χ1) is 10.5. The van der Waals surface area contributed by atoms with Crippen LogP contribution < -0.4 is 5.32 Å². The molecule has 1 aromatic carbocycles. The van der Waals surface area contributed by atoms with Crippen molar-refractivity contribution in [2.75, 3.05) is 0 Å². The third-order valence-electron chi connectivity index (χ3n) is 3.64. The first kappa shape index (κ1) is 14.8. The summed E-state index contributed by atoms with van der Waals surface area (Å²) >= 11 is 1.92. The minimum Gasteiger partial charge on any atom is -0.295 e. The standard InChI is InChI=1S/C13H9IN4O4/c14-5-1-2-6(17-15)10-9(5)12(21)18(13(10)22)7-3-4-8(19)16-11(7)20/h1-2,7,15H,3-4H2,(H,16,19,20). The molecule has 1 saturated heterocycles. The molecule has 22 heavy (non-hydrogen) atoms. The lowest BCUT2D eigenvalue weighted by molar-refractivity contribution is -0.136. The van der Waals surface area contributed by atoms with Crippen LogP contribution in [-0.2, 0) is 9.59 Å². The predicted molar refractivity (Wildman–Crippen MR) is 80.6 cm³/mol. The molecule has 0 aromatic heterocycles. The lowest BCUT2D eigenvalue weighted by Gasteiger charge is -2.27. The summed E-state index contributed by atoms with van der Waals surface area (Å²) < 4.78 is 0.549. The highest BCUT2D eigenvalue weighted by Gasteiger charge is 2.46. The molecule has 112 valence electrons.